The van der Waals surface area contributed by atoms with Crippen molar-refractivity contribution in [3.63, 3.8) is 0 Å². The zero-order valence-electron chi connectivity index (χ0n) is 13.0. The molecule has 0 atom stereocenters. The molecule has 18 heavy (non-hydrogen) atoms. The van der Waals surface area contributed by atoms with Crippen molar-refractivity contribution in [2.24, 2.45) is 5.41 Å². The maximum atomic E-state index is 6.33. The van der Waals surface area contributed by atoms with Crippen LogP contribution in [0.3, 0.4) is 0 Å². The molecule has 1 aliphatic rings. The Morgan fingerprint density at radius 1 is 1.11 bits per heavy atom. The summed E-state index contributed by atoms with van der Waals surface area (Å²) in [4.78, 5) is 0. The van der Waals surface area contributed by atoms with E-state index in [-0.39, 0.29) is 5.60 Å². The highest BCUT2D eigenvalue weighted by atomic mass is 16.5. The second-order valence-corrected chi connectivity index (χ2v) is 7.08. The maximum absolute atomic E-state index is 6.33. The van der Waals surface area contributed by atoms with E-state index in [9.17, 15) is 0 Å². The lowest BCUT2D eigenvalue weighted by atomic mass is 9.84. The summed E-state index contributed by atoms with van der Waals surface area (Å²) in [6.07, 6.45) is 8.91. The van der Waals surface area contributed by atoms with E-state index < -0.39 is 0 Å². The molecule has 0 amide bonds. The molecule has 1 N–H and O–H groups in total. The Bertz CT molecular complexity index is 214. The number of hydrogen-bond donors (Lipinski definition) is 1. The maximum Gasteiger partial charge on any atom is 0.0806 e. The Labute approximate surface area is 114 Å². The van der Waals surface area contributed by atoms with Crippen LogP contribution in [0.4, 0.5) is 0 Å². The first-order valence-corrected chi connectivity index (χ1v) is 7.82. The third kappa shape index (κ3) is 6.19. The van der Waals surface area contributed by atoms with E-state index in [1.807, 2.05) is 0 Å². The number of nitrogens with one attached hydrogen (secondary N) is 1. The molecule has 108 valence electrons. The van der Waals surface area contributed by atoms with Crippen molar-refractivity contribution in [1.29, 1.82) is 0 Å². The summed E-state index contributed by atoms with van der Waals surface area (Å²) in [5.74, 6) is 0. The minimum Gasteiger partial charge on any atom is -0.374 e. The highest BCUT2D eigenvalue weighted by Crippen LogP contribution is 2.32. The lowest BCUT2D eigenvalue weighted by molar-refractivity contribution is -0.0751. The lowest BCUT2D eigenvalue weighted by Gasteiger charge is -2.38. The van der Waals surface area contributed by atoms with Crippen LogP contribution < -0.4 is 5.32 Å². The summed E-state index contributed by atoms with van der Waals surface area (Å²) in [6.45, 7) is 12.2. The van der Waals surface area contributed by atoms with Crippen LogP contribution in [0, 0.1) is 5.41 Å². The molecule has 2 nitrogen and oxygen atoms in total. The Kier molecular flexibility index (Phi) is 6.65. The third-order valence-electron chi connectivity index (χ3n) is 3.90. The number of ether oxygens (including phenoxy) is 1. The molecule has 0 bridgehead atoms. The van der Waals surface area contributed by atoms with Gasteiger partial charge in [0.2, 0.25) is 0 Å². The van der Waals surface area contributed by atoms with Crippen molar-refractivity contribution in [2.45, 2.75) is 78.2 Å². The van der Waals surface area contributed by atoms with Gasteiger partial charge in [0.1, 0.15) is 0 Å². The van der Waals surface area contributed by atoms with Gasteiger partial charge in [-0.25, -0.2) is 0 Å². The Morgan fingerprint density at radius 2 is 1.78 bits per heavy atom. The molecule has 1 aliphatic carbocycles. The molecule has 0 aromatic heterocycles. The summed E-state index contributed by atoms with van der Waals surface area (Å²) >= 11 is 0. The molecular formula is C16H33NO. The van der Waals surface area contributed by atoms with Gasteiger partial charge < -0.3 is 10.1 Å². The first-order chi connectivity index (χ1) is 8.47. The van der Waals surface area contributed by atoms with Crippen LogP contribution >= 0.6 is 0 Å². The summed E-state index contributed by atoms with van der Waals surface area (Å²) in [6, 6.07) is 0. The van der Waals surface area contributed by atoms with Crippen LogP contribution in [-0.2, 0) is 4.74 Å². The van der Waals surface area contributed by atoms with Gasteiger partial charge in [0, 0.05) is 13.2 Å². The molecule has 0 aromatic carbocycles. The standard InChI is InChI=1S/C16H33NO/c1-5-12-17-14-16(9-7-6-8-10-16)18-13-11-15(2,3)4/h17H,5-14H2,1-4H3. The lowest BCUT2D eigenvalue weighted by Crippen LogP contribution is -2.45. The molecular weight excluding hydrogens is 222 g/mol. The highest BCUT2D eigenvalue weighted by Gasteiger charge is 2.32. The Hall–Kier alpha value is -0.0800. The van der Waals surface area contributed by atoms with E-state index >= 15 is 0 Å². The van der Waals surface area contributed by atoms with E-state index in [0.29, 0.717) is 5.41 Å². The van der Waals surface area contributed by atoms with Crippen LogP contribution in [0.1, 0.15) is 72.6 Å². The molecule has 0 radical (unpaired) electrons. The zero-order valence-corrected chi connectivity index (χ0v) is 13.0. The first-order valence-electron chi connectivity index (χ1n) is 7.82. The van der Waals surface area contributed by atoms with Crippen LogP contribution in [0.25, 0.3) is 0 Å². The fraction of sp³-hybridized carbons (Fsp3) is 1.00. The number of rotatable bonds is 7. The minimum atomic E-state index is 0.138. The topological polar surface area (TPSA) is 21.3 Å². The van der Waals surface area contributed by atoms with Crippen molar-refractivity contribution < 1.29 is 4.74 Å². The van der Waals surface area contributed by atoms with E-state index in [1.54, 1.807) is 0 Å². The molecule has 0 unspecified atom stereocenters. The summed E-state index contributed by atoms with van der Waals surface area (Å²) in [5, 5.41) is 3.57. The fourth-order valence-corrected chi connectivity index (χ4v) is 2.63. The summed E-state index contributed by atoms with van der Waals surface area (Å²) < 4.78 is 6.33. The van der Waals surface area contributed by atoms with Gasteiger partial charge >= 0.3 is 0 Å². The van der Waals surface area contributed by atoms with E-state index in [4.69, 9.17) is 4.74 Å². The van der Waals surface area contributed by atoms with Gasteiger partial charge in [-0.1, -0.05) is 47.0 Å². The predicted octanol–water partition coefficient (Wildman–Crippen LogP) is 4.14. The minimum absolute atomic E-state index is 0.138. The highest BCUT2D eigenvalue weighted by molar-refractivity contribution is 4.87. The molecule has 0 heterocycles. The average Bonchev–Trinajstić information content (AvgIpc) is 2.29. The molecule has 1 saturated carbocycles. The summed E-state index contributed by atoms with van der Waals surface area (Å²) in [5.41, 5.74) is 0.519. The quantitative estimate of drug-likeness (QED) is 0.690. The summed E-state index contributed by atoms with van der Waals surface area (Å²) in [7, 11) is 0. The number of hydrogen-bond acceptors (Lipinski definition) is 2. The van der Waals surface area contributed by atoms with Gasteiger partial charge in [0.15, 0.2) is 0 Å². The van der Waals surface area contributed by atoms with Crippen LogP contribution in [0.2, 0.25) is 0 Å². The van der Waals surface area contributed by atoms with Crippen molar-refractivity contribution >= 4 is 0 Å². The Morgan fingerprint density at radius 3 is 2.33 bits per heavy atom. The molecule has 0 saturated heterocycles. The van der Waals surface area contributed by atoms with E-state index in [1.165, 1.54) is 38.5 Å². The van der Waals surface area contributed by atoms with Gasteiger partial charge in [0.25, 0.3) is 0 Å². The zero-order chi connectivity index (χ0) is 13.5. The van der Waals surface area contributed by atoms with E-state index in [2.05, 4.69) is 33.0 Å². The van der Waals surface area contributed by atoms with Crippen molar-refractivity contribution in [1.82, 2.24) is 5.32 Å². The van der Waals surface area contributed by atoms with Crippen LogP contribution in [-0.4, -0.2) is 25.3 Å². The first kappa shape index (κ1) is 16.0. The Balaban J connectivity index is 2.39. The van der Waals surface area contributed by atoms with Gasteiger partial charge in [-0.15, -0.1) is 0 Å². The van der Waals surface area contributed by atoms with Crippen molar-refractivity contribution in [2.75, 3.05) is 19.7 Å². The van der Waals surface area contributed by atoms with Crippen LogP contribution in [0.15, 0.2) is 0 Å². The van der Waals surface area contributed by atoms with Crippen LogP contribution in [0.5, 0.6) is 0 Å². The largest absolute Gasteiger partial charge is 0.374 e. The monoisotopic (exact) mass is 255 g/mol. The SMILES string of the molecule is CCCNCC1(OCCC(C)(C)C)CCCCC1. The average molecular weight is 255 g/mol. The predicted molar refractivity (Wildman–Crippen MR) is 79.0 cm³/mol. The van der Waals surface area contributed by atoms with Crippen molar-refractivity contribution in [3.05, 3.63) is 0 Å². The second kappa shape index (κ2) is 7.49. The molecule has 0 aromatic rings. The van der Waals surface area contributed by atoms with Gasteiger partial charge in [-0.2, -0.15) is 0 Å². The molecule has 1 fully saturated rings. The van der Waals surface area contributed by atoms with E-state index in [0.717, 1.165) is 26.1 Å². The molecule has 1 rings (SSSR count). The third-order valence-corrected chi connectivity index (χ3v) is 3.90. The molecule has 0 aliphatic heterocycles. The van der Waals surface area contributed by atoms with Crippen molar-refractivity contribution in [3.8, 4) is 0 Å². The second-order valence-electron chi connectivity index (χ2n) is 7.08. The van der Waals surface area contributed by atoms with Gasteiger partial charge in [-0.05, 0) is 37.6 Å². The van der Waals surface area contributed by atoms with Gasteiger partial charge in [-0.3, -0.25) is 0 Å². The fourth-order valence-electron chi connectivity index (χ4n) is 2.63. The molecule has 2 heteroatoms. The normalized spacial score (nSPS) is 20.0. The van der Waals surface area contributed by atoms with Gasteiger partial charge in [0.05, 0.1) is 5.60 Å². The molecule has 0 spiro atoms. The smallest absolute Gasteiger partial charge is 0.0806 e.